The zero-order chi connectivity index (χ0) is 21.4. The van der Waals surface area contributed by atoms with E-state index >= 15 is 0 Å². The summed E-state index contributed by atoms with van der Waals surface area (Å²) < 4.78 is 0. The molecule has 0 spiro atoms. The summed E-state index contributed by atoms with van der Waals surface area (Å²) in [4.78, 5) is 43.0. The largest absolute Gasteiger partial charge is 0.335 e. The second-order valence-corrected chi connectivity index (χ2v) is 8.31. The van der Waals surface area contributed by atoms with Gasteiger partial charge in [0.05, 0.1) is 17.3 Å². The molecule has 3 aromatic rings. The minimum Gasteiger partial charge on any atom is -0.335 e. The van der Waals surface area contributed by atoms with E-state index in [4.69, 9.17) is 4.98 Å². The van der Waals surface area contributed by atoms with Gasteiger partial charge in [-0.2, -0.15) is 0 Å². The zero-order valence-corrected chi connectivity index (χ0v) is 17.7. The maximum Gasteiger partial charge on any atom is 0.274 e. The zero-order valence-electron chi connectivity index (χ0n) is 17.7. The van der Waals surface area contributed by atoms with Gasteiger partial charge < -0.3 is 9.80 Å². The van der Waals surface area contributed by atoms with E-state index in [9.17, 15) is 9.59 Å². The Hall–Kier alpha value is -3.35. The number of nitrogens with zero attached hydrogens (tertiary/aromatic N) is 5. The van der Waals surface area contributed by atoms with Gasteiger partial charge in [0.2, 0.25) is 0 Å². The van der Waals surface area contributed by atoms with Gasteiger partial charge in [-0.1, -0.05) is 11.6 Å². The van der Waals surface area contributed by atoms with E-state index in [2.05, 4.69) is 22.1 Å². The van der Waals surface area contributed by atoms with Crippen molar-refractivity contribution in [2.45, 2.75) is 32.6 Å². The van der Waals surface area contributed by atoms with Crippen LogP contribution in [0.15, 0.2) is 36.8 Å². The average molecular weight is 415 g/mol. The molecule has 7 nitrogen and oxygen atoms in total. The van der Waals surface area contributed by atoms with Crippen LogP contribution in [0.1, 0.15) is 50.5 Å². The molecule has 0 atom stereocenters. The lowest BCUT2D eigenvalue weighted by atomic mass is 9.89. The molecule has 5 rings (SSSR count). The van der Waals surface area contributed by atoms with Crippen LogP contribution in [0.2, 0.25) is 0 Å². The maximum atomic E-state index is 13.7. The minimum absolute atomic E-state index is 0.0581. The lowest BCUT2D eigenvalue weighted by Gasteiger charge is -2.35. The van der Waals surface area contributed by atoms with Crippen molar-refractivity contribution in [2.24, 2.45) is 0 Å². The standard InChI is InChI=1S/C24H25N5O2/c1-16-6-7-20-18(14-16)22(17-4-2-3-5-19(17)27-20)24(31)29-12-10-28(11-13-29)23(30)21-15-25-8-9-26-21/h6-9,14-15H,2-5,10-13H2,1H3. The van der Waals surface area contributed by atoms with Crippen molar-refractivity contribution >= 4 is 22.7 Å². The number of rotatable bonds is 2. The number of fused-ring (bicyclic) bond motifs is 2. The molecule has 2 amide bonds. The predicted octanol–water partition coefficient (Wildman–Crippen LogP) is 2.81. The number of benzene rings is 1. The van der Waals surface area contributed by atoms with Gasteiger partial charge in [0.25, 0.3) is 11.8 Å². The number of hydrogen-bond donors (Lipinski definition) is 0. The van der Waals surface area contributed by atoms with Gasteiger partial charge in [0.1, 0.15) is 5.69 Å². The number of aryl methyl sites for hydroxylation is 2. The Morgan fingerprint density at radius 3 is 2.42 bits per heavy atom. The number of aromatic nitrogens is 3. The van der Waals surface area contributed by atoms with Crippen LogP contribution in [0.3, 0.4) is 0 Å². The van der Waals surface area contributed by atoms with Crippen molar-refractivity contribution in [1.29, 1.82) is 0 Å². The van der Waals surface area contributed by atoms with Crippen molar-refractivity contribution in [3.8, 4) is 0 Å². The first-order chi connectivity index (χ1) is 15.1. The molecule has 31 heavy (non-hydrogen) atoms. The van der Waals surface area contributed by atoms with Gasteiger partial charge in [-0.25, -0.2) is 4.98 Å². The molecule has 1 aliphatic carbocycles. The third-order valence-corrected chi connectivity index (χ3v) is 6.27. The molecule has 1 saturated heterocycles. The van der Waals surface area contributed by atoms with Gasteiger partial charge >= 0.3 is 0 Å². The van der Waals surface area contributed by atoms with E-state index in [0.717, 1.165) is 59.0 Å². The van der Waals surface area contributed by atoms with Crippen molar-refractivity contribution in [3.05, 3.63) is 64.9 Å². The monoisotopic (exact) mass is 415 g/mol. The molecule has 0 unspecified atom stereocenters. The molecule has 158 valence electrons. The van der Waals surface area contributed by atoms with Crippen LogP contribution in [0.4, 0.5) is 0 Å². The summed E-state index contributed by atoms with van der Waals surface area (Å²) in [6.45, 7) is 4.05. The van der Waals surface area contributed by atoms with Crippen LogP contribution in [-0.2, 0) is 12.8 Å². The summed E-state index contributed by atoms with van der Waals surface area (Å²) in [5.41, 5.74) is 5.36. The molecule has 0 saturated carbocycles. The molecule has 7 heteroatoms. The Morgan fingerprint density at radius 2 is 1.68 bits per heavy atom. The van der Waals surface area contributed by atoms with E-state index in [-0.39, 0.29) is 11.8 Å². The Kier molecular flexibility index (Phi) is 5.10. The van der Waals surface area contributed by atoms with Gasteiger partial charge in [-0.3, -0.25) is 19.6 Å². The summed E-state index contributed by atoms with van der Waals surface area (Å²) >= 11 is 0. The fourth-order valence-corrected chi connectivity index (χ4v) is 4.62. The van der Waals surface area contributed by atoms with Gasteiger partial charge in [0, 0.05) is 49.7 Å². The van der Waals surface area contributed by atoms with Crippen molar-refractivity contribution in [1.82, 2.24) is 24.8 Å². The van der Waals surface area contributed by atoms with Crippen molar-refractivity contribution in [2.75, 3.05) is 26.2 Å². The Bertz CT molecular complexity index is 1150. The fraction of sp³-hybridized carbons (Fsp3) is 0.375. The Balaban J connectivity index is 1.42. The highest BCUT2D eigenvalue weighted by Gasteiger charge is 2.30. The van der Waals surface area contributed by atoms with E-state index in [0.29, 0.717) is 31.9 Å². The molecule has 1 aromatic carbocycles. The molecule has 0 N–H and O–H groups in total. The molecule has 2 aromatic heterocycles. The maximum absolute atomic E-state index is 13.7. The SMILES string of the molecule is Cc1ccc2nc3c(c(C(=O)N4CCN(C(=O)c5cnccn5)CC4)c2c1)CCCC3. The van der Waals surface area contributed by atoms with E-state index < -0.39 is 0 Å². The lowest BCUT2D eigenvalue weighted by molar-refractivity contribution is 0.0532. The summed E-state index contributed by atoms with van der Waals surface area (Å²) in [5.74, 6) is -0.0784. The highest BCUT2D eigenvalue weighted by atomic mass is 16.2. The highest BCUT2D eigenvalue weighted by molar-refractivity contribution is 6.08. The van der Waals surface area contributed by atoms with Crippen molar-refractivity contribution in [3.63, 3.8) is 0 Å². The number of carbonyl (C=O) groups is 2. The first-order valence-electron chi connectivity index (χ1n) is 10.9. The number of pyridine rings is 1. The normalized spacial score (nSPS) is 16.3. The number of carbonyl (C=O) groups excluding carboxylic acids is 2. The third-order valence-electron chi connectivity index (χ3n) is 6.27. The second-order valence-electron chi connectivity index (χ2n) is 8.31. The predicted molar refractivity (Wildman–Crippen MR) is 117 cm³/mol. The fourth-order valence-electron chi connectivity index (χ4n) is 4.62. The first kappa shape index (κ1) is 19.6. The summed E-state index contributed by atoms with van der Waals surface area (Å²) in [6, 6.07) is 6.15. The minimum atomic E-state index is -0.137. The average Bonchev–Trinajstić information content (AvgIpc) is 2.82. The third kappa shape index (κ3) is 3.65. The van der Waals surface area contributed by atoms with Gasteiger partial charge in [0.15, 0.2) is 0 Å². The van der Waals surface area contributed by atoms with Crippen molar-refractivity contribution < 1.29 is 9.59 Å². The molecule has 2 aliphatic rings. The molecular formula is C24H25N5O2. The Labute approximate surface area is 181 Å². The molecule has 1 fully saturated rings. The quantitative estimate of drug-likeness (QED) is 0.643. The van der Waals surface area contributed by atoms with E-state index in [1.165, 1.54) is 12.4 Å². The molecule has 1 aliphatic heterocycles. The number of piperazine rings is 1. The lowest BCUT2D eigenvalue weighted by Crippen LogP contribution is -2.51. The molecule has 0 bridgehead atoms. The van der Waals surface area contributed by atoms with Crippen LogP contribution in [-0.4, -0.2) is 62.7 Å². The van der Waals surface area contributed by atoms with Crippen LogP contribution in [0.25, 0.3) is 10.9 Å². The van der Waals surface area contributed by atoms with Gasteiger partial charge in [-0.05, 0) is 50.3 Å². The van der Waals surface area contributed by atoms with Crippen LogP contribution >= 0.6 is 0 Å². The molecular weight excluding hydrogens is 390 g/mol. The van der Waals surface area contributed by atoms with Crippen LogP contribution in [0, 0.1) is 6.92 Å². The highest BCUT2D eigenvalue weighted by Crippen LogP contribution is 2.31. The number of hydrogen-bond acceptors (Lipinski definition) is 5. The van der Waals surface area contributed by atoms with E-state index in [1.54, 1.807) is 11.1 Å². The van der Waals surface area contributed by atoms with E-state index in [1.807, 2.05) is 17.9 Å². The smallest absolute Gasteiger partial charge is 0.274 e. The first-order valence-corrected chi connectivity index (χ1v) is 10.9. The van der Waals surface area contributed by atoms with Gasteiger partial charge in [-0.15, -0.1) is 0 Å². The molecule has 3 heterocycles. The van der Waals surface area contributed by atoms with Crippen LogP contribution < -0.4 is 0 Å². The topological polar surface area (TPSA) is 79.3 Å². The second kappa shape index (κ2) is 8.06. The number of amides is 2. The summed E-state index contributed by atoms with van der Waals surface area (Å²) in [7, 11) is 0. The summed E-state index contributed by atoms with van der Waals surface area (Å²) in [5, 5.41) is 0.948. The Morgan fingerprint density at radius 1 is 0.935 bits per heavy atom. The van der Waals surface area contributed by atoms with Crippen LogP contribution in [0.5, 0.6) is 0 Å². The molecule has 0 radical (unpaired) electrons. The summed E-state index contributed by atoms with van der Waals surface area (Å²) in [6.07, 6.45) is 8.60.